The first-order chi connectivity index (χ1) is 8.34. The number of hydrogen-bond donors (Lipinski definition) is 1. The minimum atomic E-state index is -3.09. The largest absolute Gasteiger partial charge is 0.317 e. The smallest absolute Gasteiger partial charge is 0.214 e. The fraction of sp³-hybridized carbons (Fsp3) is 1.00. The molecule has 0 amide bonds. The third-order valence-corrected chi connectivity index (χ3v) is 6.18. The first-order valence-electron chi connectivity index (χ1n) is 7.01. The van der Waals surface area contributed by atoms with Crippen LogP contribution in [0.15, 0.2) is 0 Å². The van der Waals surface area contributed by atoms with E-state index in [1.807, 2.05) is 6.92 Å². The standard InChI is InChI=1S/C13H28N2O2S/c1-11(2)12(3)15(4)18(16,17)10-7-13-5-8-14-9-6-13/h11-14H,5-10H2,1-4H3. The van der Waals surface area contributed by atoms with Crippen molar-refractivity contribution < 1.29 is 8.42 Å². The van der Waals surface area contributed by atoms with Crippen LogP contribution in [0.3, 0.4) is 0 Å². The van der Waals surface area contributed by atoms with E-state index in [0.717, 1.165) is 32.4 Å². The Bertz CT molecular complexity index is 335. The molecule has 0 saturated carbocycles. The number of rotatable bonds is 6. The van der Waals surface area contributed by atoms with Crippen LogP contribution < -0.4 is 5.32 Å². The molecule has 1 fully saturated rings. The molecule has 4 nitrogen and oxygen atoms in total. The Hall–Kier alpha value is -0.130. The van der Waals surface area contributed by atoms with Crippen molar-refractivity contribution in [3.05, 3.63) is 0 Å². The lowest BCUT2D eigenvalue weighted by Crippen LogP contribution is -2.40. The molecule has 1 saturated heterocycles. The summed E-state index contributed by atoms with van der Waals surface area (Å²) in [6, 6.07) is 0.0722. The Kier molecular flexibility index (Phi) is 6.08. The first-order valence-corrected chi connectivity index (χ1v) is 8.62. The summed E-state index contributed by atoms with van der Waals surface area (Å²) >= 11 is 0. The van der Waals surface area contributed by atoms with Crippen molar-refractivity contribution >= 4 is 10.0 Å². The number of piperidine rings is 1. The van der Waals surface area contributed by atoms with Gasteiger partial charge in [-0.05, 0) is 51.1 Å². The summed E-state index contributed by atoms with van der Waals surface area (Å²) in [6.07, 6.45) is 3.02. The molecule has 1 aliphatic heterocycles. The molecule has 1 unspecified atom stereocenters. The summed E-state index contributed by atoms with van der Waals surface area (Å²) < 4.78 is 26.0. The lowest BCUT2D eigenvalue weighted by molar-refractivity contribution is 0.311. The third-order valence-electron chi connectivity index (χ3n) is 4.22. The van der Waals surface area contributed by atoms with Gasteiger partial charge in [-0.2, -0.15) is 0 Å². The lowest BCUT2D eigenvalue weighted by atomic mass is 9.96. The Labute approximate surface area is 112 Å². The molecule has 0 bridgehead atoms. The normalized spacial score (nSPS) is 20.6. The van der Waals surface area contributed by atoms with Crippen molar-refractivity contribution in [1.29, 1.82) is 0 Å². The molecule has 1 rings (SSSR count). The van der Waals surface area contributed by atoms with E-state index in [0.29, 0.717) is 17.6 Å². The molecule has 0 radical (unpaired) electrons. The average Bonchev–Trinajstić information content (AvgIpc) is 2.35. The highest BCUT2D eigenvalue weighted by Crippen LogP contribution is 2.19. The Morgan fingerprint density at radius 1 is 1.22 bits per heavy atom. The zero-order chi connectivity index (χ0) is 13.8. The van der Waals surface area contributed by atoms with Gasteiger partial charge in [0.2, 0.25) is 10.0 Å². The number of sulfonamides is 1. The molecule has 1 heterocycles. The van der Waals surface area contributed by atoms with Crippen molar-refractivity contribution in [3.8, 4) is 0 Å². The topological polar surface area (TPSA) is 49.4 Å². The summed E-state index contributed by atoms with van der Waals surface area (Å²) in [5.74, 6) is 1.22. The molecular weight excluding hydrogens is 248 g/mol. The summed E-state index contributed by atoms with van der Waals surface area (Å²) in [7, 11) is -1.38. The van der Waals surface area contributed by atoms with Gasteiger partial charge in [0.25, 0.3) is 0 Å². The summed E-state index contributed by atoms with van der Waals surface area (Å²) in [6.45, 7) is 8.16. The highest BCUT2D eigenvalue weighted by molar-refractivity contribution is 7.89. The van der Waals surface area contributed by atoms with Gasteiger partial charge in [-0.15, -0.1) is 0 Å². The van der Waals surface area contributed by atoms with E-state index in [2.05, 4.69) is 19.2 Å². The van der Waals surface area contributed by atoms with Crippen LogP contribution in [0.1, 0.15) is 40.0 Å². The van der Waals surface area contributed by atoms with Crippen LogP contribution in [-0.4, -0.2) is 44.7 Å². The Morgan fingerprint density at radius 3 is 2.28 bits per heavy atom. The summed E-state index contributed by atoms with van der Waals surface area (Å²) in [5, 5.41) is 3.31. The lowest BCUT2D eigenvalue weighted by Gasteiger charge is -2.28. The van der Waals surface area contributed by atoms with E-state index >= 15 is 0 Å². The van der Waals surface area contributed by atoms with Gasteiger partial charge in [0.15, 0.2) is 0 Å². The summed E-state index contributed by atoms with van der Waals surface area (Å²) in [5.41, 5.74) is 0. The first kappa shape index (κ1) is 15.9. The molecule has 0 aliphatic carbocycles. The highest BCUT2D eigenvalue weighted by Gasteiger charge is 2.26. The Morgan fingerprint density at radius 2 is 1.78 bits per heavy atom. The summed E-state index contributed by atoms with van der Waals surface area (Å²) in [4.78, 5) is 0. The quantitative estimate of drug-likeness (QED) is 0.803. The molecule has 108 valence electrons. The van der Waals surface area contributed by atoms with Crippen molar-refractivity contribution in [1.82, 2.24) is 9.62 Å². The van der Waals surface area contributed by atoms with Crippen molar-refractivity contribution in [3.63, 3.8) is 0 Å². The molecule has 5 heteroatoms. The fourth-order valence-corrected chi connectivity index (χ4v) is 3.97. The van der Waals surface area contributed by atoms with Crippen LogP contribution >= 0.6 is 0 Å². The maximum absolute atomic E-state index is 12.2. The van der Waals surface area contributed by atoms with E-state index in [4.69, 9.17) is 0 Å². The van der Waals surface area contributed by atoms with Crippen LogP contribution in [0.25, 0.3) is 0 Å². The predicted octanol–water partition coefficient (Wildman–Crippen LogP) is 1.68. The molecule has 1 N–H and O–H groups in total. The van der Waals surface area contributed by atoms with Crippen LogP contribution in [0, 0.1) is 11.8 Å². The van der Waals surface area contributed by atoms with Crippen molar-refractivity contribution in [2.75, 3.05) is 25.9 Å². The second-order valence-electron chi connectivity index (χ2n) is 5.80. The van der Waals surface area contributed by atoms with Crippen LogP contribution in [0.5, 0.6) is 0 Å². The van der Waals surface area contributed by atoms with Gasteiger partial charge in [-0.25, -0.2) is 12.7 Å². The van der Waals surface area contributed by atoms with Gasteiger partial charge in [0.1, 0.15) is 0 Å². The maximum Gasteiger partial charge on any atom is 0.214 e. The molecule has 0 spiro atoms. The second kappa shape index (κ2) is 6.87. The minimum Gasteiger partial charge on any atom is -0.317 e. The van der Waals surface area contributed by atoms with E-state index in [9.17, 15) is 8.42 Å². The number of nitrogens with zero attached hydrogens (tertiary/aromatic N) is 1. The number of hydrogen-bond acceptors (Lipinski definition) is 3. The highest BCUT2D eigenvalue weighted by atomic mass is 32.2. The van der Waals surface area contributed by atoms with Gasteiger partial charge in [0.05, 0.1) is 5.75 Å². The molecule has 0 aromatic heterocycles. The fourth-order valence-electron chi connectivity index (χ4n) is 2.30. The van der Waals surface area contributed by atoms with E-state index in [1.54, 1.807) is 11.4 Å². The molecule has 0 aromatic carbocycles. The SMILES string of the molecule is CC(C)C(C)N(C)S(=O)(=O)CCC1CCNCC1. The molecule has 18 heavy (non-hydrogen) atoms. The second-order valence-corrected chi connectivity index (χ2v) is 7.95. The Balaban J connectivity index is 2.48. The van der Waals surface area contributed by atoms with Crippen molar-refractivity contribution in [2.45, 2.75) is 46.1 Å². The van der Waals surface area contributed by atoms with Crippen molar-refractivity contribution in [2.24, 2.45) is 11.8 Å². The zero-order valence-electron chi connectivity index (χ0n) is 12.1. The molecule has 1 atom stereocenters. The van der Waals surface area contributed by atoms with E-state index in [-0.39, 0.29) is 6.04 Å². The van der Waals surface area contributed by atoms with Gasteiger partial charge in [-0.1, -0.05) is 13.8 Å². The monoisotopic (exact) mass is 276 g/mol. The van der Waals surface area contributed by atoms with Crippen LogP contribution in [0.2, 0.25) is 0 Å². The molecule has 1 aliphatic rings. The van der Waals surface area contributed by atoms with Gasteiger partial charge in [-0.3, -0.25) is 0 Å². The van der Waals surface area contributed by atoms with Gasteiger partial charge < -0.3 is 5.32 Å². The minimum absolute atomic E-state index is 0.0722. The number of nitrogens with one attached hydrogen (secondary N) is 1. The average molecular weight is 276 g/mol. The van der Waals surface area contributed by atoms with Gasteiger partial charge >= 0.3 is 0 Å². The van der Waals surface area contributed by atoms with Crippen LogP contribution in [0.4, 0.5) is 0 Å². The molecular formula is C13H28N2O2S. The van der Waals surface area contributed by atoms with E-state index < -0.39 is 10.0 Å². The zero-order valence-corrected chi connectivity index (χ0v) is 13.0. The predicted molar refractivity (Wildman–Crippen MR) is 76.1 cm³/mol. The maximum atomic E-state index is 12.2. The van der Waals surface area contributed by atoms with Gasteiger partial charge in [0, 0.05) is 13.1 Å². The third kappa shape index (κ3) is 4.52. The molecule has 0 aromatic rings. The van der Waals surface area contributed by atoms with E-state index in [1.165, 1.54) is 0 Å². The van der Waals surface area contributed by atoms with Crippen LogP contribution in [-0.2, 0) is 10.0 Å².